The van der Waals surface area contributed by atoms with Crippen molar-refractivity contribution in [1.29, 1.82) is 0 Å². The van der Waals surface area contributed by atoms with Crippen molar-refractivity contribution in [1.82, 2.24) is 5.32 Å². The largest absolute Gasteiger partial charge is 0.383 e. The number of benzene rings is 1. The van der Waals surface area contributed by atoms with E-state index in [1.165, 1.54) is 6.07 Å². The average molecular weight is 195 g/mol. The van der Waals surface area contributed by atoms with E-state index in [1.54, 1.807) is 13.2 Å². The normalized spacial score (nSPS) is 20.6. The van der Waals surface area contributed by atoms with Crippen LogP contribution in [0.3, 0.4) is 0 Å². The van der Waals surface area contributed by atoms with Gasteiger partial charge in [0, 0.05) is 25.3 Å². The Labute approximate surface area is 83.1 Å². The van der Waals surface area contributed by atoms with E-state index >= 15 is 0 Å². The van der Waals surface area contributed by atoms with Gasteiger partial charge in [0.1, 0.15) is 5.82 Å². The lowest BCUT2D eigenvalue weighted by atomic mass is 9.96. The second-order valence-electron chi connectivity index (χ2n) is 3.61. The minimum absolute atomic E-state index is 0.106. The topological polar surface area (TPSA) is 21.3 Å². The molecule has 1 heterocycles. The lowest BCUT2D eigenvalue weighted by molar-refractivity contribution is 0.162. The predicted octanol–water partition coefficient (Wildman–Crippen LogP) is 1.49. The molecule has 1 N–H and O–H groups in total. The van der Waals surface area contributed by atoms with Crippen LogP contribution in [0.5, 0.6) is 0 Å². The van der Waals surface area contributed by atoms with Gasteiger partial charge in [-0.1, -0.05) is 12.1 Å². The second kappa shape index (κ2) is 4.07. The van der Waals surface area contributed by atoms with Crippen LogP contribution in [0.1, 0.15) is 11.1 Å². The van der Waals surface area contributed by atoms with Crippen LogP contribution in [-0.4, -0.2) is 19.8 Å². The van der Waals surface area contributed by atoms with Crippen LogP contribution in [0.15, 0.2) is 18.2 Å². The highest BCUT2D eigenvalue weighted by Crippen LogP contribution is 2.19. The van der Waals surface area contributed by atoms with Gasteiger partial charge in [0.2, 0.25) is 0 Å². The molecule has 2 rings (SSSR count). The monoisotopic (exact) mass is 195 g/mol. The molecule has 0 radical (unpaired) electrons. The minimum Gasteiger partial charge on any atom is -0.383 e. The zero-order valence-electron chi connectivity index (χ0n) is 8.22. The first-order valence-electron chi connectivity index (χ1n) is 4.80. The Bertz CT molecular complexity index is 327. The van der Waals surface area contributed by atoms with Gasteiger partial charge in [0.05, 0.1) is 6.61 Å². The Kier molecular flexibility index (Phi) is 2.79. The third kappa shape index (κ3) is 1.79. The molecule has 3 heteroatoms. The first kappa shape index (κ1) is 9.62. The predicted molar refractivity (Wildman–Crippen MR) is 52.6 cm³/mol. The van der Waals surface area contributed by atoms with E-state index in [1.807, 2.05) is 6.07 Å². The average Bonchev–Trinajstić information content (AvgIpc) is 2.18. The van der Waals surface area contributed by atoms with Gasteiger partial charge in [-0.2, -0.15) is 0 Å². The number of rotatable bonds is 2. The Hall–Kier alpha value is -0.930. The molecule has 1 atom stereocenters. The summed E-state index contributed by atoms with van der Waals surface area (Å²) in [5.41, 5.74) is 1.91. The van der Waals surface area contributed by atoms with Crippen LogP contribution in [0.25, 0.3) is 0 Å². The maximum atomic E-state index is 13.3. The zero-order chi connectivity index (χ0) is 9.97. The van der Waals surface area contributed by atoms with Crippen LogP contribution in [-0.2, 0) is 17.7 Å². The molecular weight excluding hydrogens is 181 g/mol. The summed E-state index contributed by atoms with van der Waals surface area (Å²) in [5.74, 6) is -0.106. The van der Waals surface area contributed by atoms with E-state index in [0.717, 1.165) is 17.5 Å². The van der Waals surface area contributed by atoms with Crippen molar-refractivity contribution in [3.05, 3.63) is 35.1 Å². The Balaban J connectivity index is 2.18. The number of hydrogen-bond donors (Lipinski definition) is 1. The first-order chi connectivity index (χ1) is 6.81. The molecule has 1 aromatic carbocycles. The molecule has 14 heavy (non-hydrogen) atoms. The summed E-state index contributed by atoms with van der Waals surface area (Å²) in [4.78, 5) is 0. The molecule has 0 fully saturated rings. The summed E-state index contributed by atoms with van der Waals surface area (Å²) < 4.78 is 18.4. The number of hydrogen-bond acceptors (Lipinski definition) is 2. The van der Waals surface area contributed by atoms with Crippen molar-refractivity contribution in [2.45, 2.75) is 19.0 Å². The molecule has 0 saturated carbocycles. The van der Waals surface area contributed by atoms with Crippen LogP contribution in [0.2, 0.25) is 0 Å². The van der Waals surface area contributed by atoms with Gasteiger partial charge >= 0.3 is 0 Å². The summed E-state index contributed by atoms with van der Waals surface area (Å²) in [7, 11) is 1.68. The summed E-state index contributed by atoms with van der Waals surface area (Å²) in [5, 5.41) is 3.25. The molecule has 0 bridgehead atoms. The van der Waals surface area contributed by atoms with Gasteiger partial charge in [-0.05, 0) is 18.1 Å². The van der Waals surface area contributed by atoms with Gasteiger partial charge in [-0.15, -0.1) is 0 Å². The van der Waals surface area contributed by atoms with Crippen molar-refractivity contribution in [2.24, 2.45) is 0 Å². The number of halogens is 1. The van der Waals surface area contributed by atoms with Gasteiger partial charge in [0.25, 0.3) is 0 Å². The van der Waals surface area contributed by atoms with Crippen molar-refractivity contribution in [3.63, 3.8) is 0 Å². The fourth-order valence-corrected chi connectivity index (χ4v) is 1.90. The van der Waals surface area contributed by atoms with Gasteiger partial charge in [0.15, 0.2) is 0 Å². The van der Waals surface area contributed by atoms with Crippen LogP contribution >= 0.6 is 0 Å². The van der Waals surface area contributed by atoms with E-state index in [9.17, 15) is 4.39 Å². The molecule has 0 aliphatic carbocycles. The maximum Gasteiger partial charge on any atom is 0.127 e. The number of nitrogens with one attached hydrogen (secondary N) is 1. The van der Waals surface area contributed by atoms with Crippen molar-refractivity contribution >= 4 is 0 Å². The molecule has 2 nitrogen and oxygen atoms in total. The molecule has 0 amide bonds. The third-order valence-electron chi connectivity index (χ3n) is 2.62. The van der Waals surface area contributed by atoms with Crippen molar-refractivity contribution in [2.75, 3.05) is 13.7 Å². The van der Waals surface area contributed by atoms with Crippen molar-refractivity contribution in [3.8, 4) is 0 Å². The van der Waals surface area contributed by atoms with Gasteiger partial charge in [-0.25, -0.2) is 4.39 Å². The van der Waals surface area contributed by atoms with E-state index in [2.05, 4.69) is 5.32 Å². The summed E-state index contributed by atoms with van der Waals surface area (Å²) >= 11 is 0. The smallest absolute Gasteiger partial charge is 0.127 e. The molecule has 1 aromatic rings. The Morgan fingerprint density at radius 2 is 2.43 bits per heavy atom. The van der Waals surface area contributed by atoms with Gasteiger partial charge < -0.3 is 10.1 Å². The van der Waals surface area contributed by atoms with E-state index in [0.29, 0.717) is 19.2 Å². The van der Waals surface area contributed by atoms with E-state index in [-0.39, 0.29) is 5.82 Å². The SMILES string of the molecule is COCC1Cc2cccc(F)c2CN1. The highest BCUT2D eigenvalue weighted by molar-refractivity contribution is 5.31. The lowest BCUT2D eigenvalue weighted by Crippen LogP contribution is -2.39. The number of ether oxygens (including phenoxy) is 1. The molecule has 1 unspecified atom stereocenters. The molecule has 76 valence electrons. The van der Waals surface area contributed by atoms with E-state index < -0.39 is 0 Å². The standard InChI is InChI=1S/C11H14FNO/c1-14-7-9-5-8-3-2-4-11(12)10(8)6-13-9/h2-4,9,13H,5-7H2,1H3. The summed E-state index contributed by atoms with van der Waals surface area (Å²) in [6.45, 7) is 1.28. The molecule has 1 aliphatic heterocycles. The Morgan fingerprint density at radius 3 is 3.21 bits per heavy atom. The van der Waals surface area contributed by atoms with Gasteiger partial charge in [-0.3, -0.25) is 0 Å². The molecule has 0 spiro atoms. The quantitative estimate of drug-likeness (QED) is 0.772. The third-order valence-corrected chi connectivity index (χ3v) is 2.62. The minimum atomic E-state index is -0.106. The summed E-state index contributed by atoms with van der Waals surface area (Å²) in [6.07, 6.45) is 0.848. The molecule has 0 aromatic heterocycles. The fraction of sp³-hybridized carbons (Fsp3) is 0.455. The van der Waals surface area contributed by atoms with Crippen LogP contribution < -0.4 is 5.32 Å². The fourth-order valence-electron chi connectivity index (χ4n) is 1.90. The van der Waals surface area contributed by atoms with Crippen molar-refractivity contribution < 1.29 is 9.13 Å². The highest BCUT2D eigenvalue weighted by Gasteiger charge is 2.19. The molecule has 0 saturated heterocycles. The van der Waals surface area contributed by atoms with Crippen LogP contribution in [0, 0.1) is 5.82 Å². The summed E-state index contributed by atoms with van der Waals surface area (Å²) in [6, 6.07) is 5.58. The number of methoxy groups -OCH3 is 1. The first-order valence-corrected chi connectivity index (χ1v) is 4.80. The highest BCUT2D eigenvalue weighted by atomic mass is 19.1. The molecule has 1 aliphatic rings. The lowest BCUT2D eigenvalue weighted by Gasteiger charge is -2.25. The second-order valence-corrected chi connectivity index (χ2v) is 3.61. The van der Waals surface area contributed by atoms with E-state index in [4.69, 9.17) is 4.74 Å². The maximum absolute atomic E-state index is 13.3. The van der Waals surface area contributed by atoms with Crippen LogP contribution in [0.4, 0.5) is 4.39 Å². The zero-order valence-corrected chi connectivity index (χ0v) is 8.22. The Morgan fingerprint density at radius 1 is 1.57 bits per heavy atom. The molecular formula is C11H14FNO. The number of fused-ring (bicyclic) bond motifs is 1.